The maximum absolute atomic E-state index is 12.4. The lowest BCUT2D eigenvalue weighted by Gasteiger charge is -2.09. The first-order chi connectivity index (χ1) is 12.0. The molecule has 0 spiro atoms. The van der Waals surface area contributed by atoms with E-state index in [1.54, 1.807) is 36.4 Å². The van der Waals surface area contributed by atoms with Crippen molar-refractivity contribution in [3.05, 3.63) is 89.5 Å². The minimum absolute atomic E-state index is 0.0900. The lowest BCUT2D eigenvalue weighted by molar-refractivity contribution is 0.103. The van der Waals surface area contributed by atoms with Crippen molar-refractivity contribution in [2.75, 3.05) is 0 Å². The first-order valence-corrected chi connectivity index (χ1v) is 8.24. The maximum Gasteiger partial charge on any atom is 0.193 e. The van der Waals surface area contributed by atoms with Crippen LogP contribution in [0.4, 0.5) is 0 Å². The zero-order valence-electron chi connectivity index (χ0n) is 14.3. The van der Waals surface area contributed by atoms with Crippen molar-refractivity contribution in [2.45, 2.75) is 19.8 Å². The highest BCUT2D eigenvalue weighted by molar-refractivity contribution is 6.09. The van der Waals surface area contributed by atoms with Crippen molar-refractivity contribution in [3.63, 3.8) is 0 Å². The summed E-state index contributed by atoms with van der Waals surface area (Å²) in [7, 11) is 0. The summed E-state index contributed by atoms with van der Waals surface area (Å²) in [6.07, 6.45) is 0. The number of rotatable bonds is 5. The Morgan fingerprint density at radius 1 is 0.760 bits per heavy atom. The molecule has 3 aromatic carbocycles. The highest BCUT2D eigenvalue weighted by Gasteiger charge is 2.09. The van der Waals surface area contributed by atoms with Crippen LogP contribution in [-0.2, 0) is 0 Å². The fourth-order valence-corrected chi connectivity index (χ4v) is 2.51. The summed E-state index contributed by atoms with van der Waals surface area (Å²) >= 11 is 0. The number of benzene rings is 3. The SMILES string of the molecule is CC(C)c1ccc(Oc2ccc(C(=O)c3ccc(O)cc3)cc2)cc1. The third-order valence-electron chi connectivity index (χ3n) is 4.03. The molecule has 126 valence electrons. The predicted octanol–water partition coefficient (Wildman–Crippen LogP) is 5.54. The monoisotopic (exact) mass is 332 g/mol. The van der Waals surface area contributed by atoms with Gasteiger partial charge < -0.3 is 9.84 Å². The Kier molecular flexibility index (Phi) is 4.85. The van der Waals surface area contributed by atoms with Crippen LogP contribution >= 0.6 is 0 Å². The molecule has 3 rings (SSSR count). The van der Waals surface area contributed by atoms with Crippen LogP contribution in [0.25, 0.3) is 0 Å². The Morgan fingerprint density at radius 3 is 1.68 bits per heavy atom. The number of phenols is 1. The molecule has 0 aliphatic heterocycles. The van der Waals surface area contributed by atoms with Crippen molar-refractivity contribution >= 4 is 5.78 Å². The topological polar surface area (TPSA) is 46.5 Å². The van der Waals surface area contributed by atoms with E-state index in [0.717, 1.165) is 5.75 Å². The summed E-state index contributed by atoms with van der Waals surface area (Å²) in [4.78, 5) is 12.4. The van der Waals surface area contributed by atoms with Gasteiger partial charge in [-0.05, 0) is 72.1 Å². The van der Waals surface area contributed by atoms with Crippen LogP contribution in [0, 0.1) is 0 Å². The molecule has 0 aliphatic carbocycles. The minimum atomic E-state index is -0.0900. The van der Waals surface area contributed by atoms with E-state index in [1.165, 1.54) is 17.7 Å². The van der Waals surface area contributed by atoms with Crippen LogP contribution in [-0.4, -0.2) is 10.9 Å². The van der Waals surface area contributed by atoms with Crippen LogP contribution in [0.15, 0.2) is 72.8 Å². The van der Waals surface area contributed by atoms with Crippen LogP contribution in [0.2, 0.25) is 0 Å². The number of ether oxygens (including phenoxy) is 1. The van der Waals surface area contributed by atoms with Gasteiger partial charge in [0.15, 0.2) is 5.78 Å². The van der Waals surface area contributed by atoms with E-state index >= 15 is 0 Å². The van der Waals surface area contributed by atoms with E-state index in [4.69, 9.17) is 4.74 Å². The summed E-state index contributed by atoms with van der Waals surface area (Å²) in [5.74, 6) is 1.98. The first kappa shape index (κ1) is 16.8. The third-order valence-corrected chi connectivity index (χ3v) is 4.03. The summed E-state index contributed by atoms with van der Waals surface area (Å²) in [5.41, 5.74) is 2.38. The number of phenolic OH excluding ortho intramolecular Hbond substituents is 1. The van der Waals surface area contributed by atoms with Gasteiger partial charge in [0.2, 0.25) is 0 Å². The second kappa shape index (κ2) is 7.22. The minimum Gasteiger partial charge on any atom is -0.508 e. The molecule has 3 nitrogen and oxygen atoms in total. The molecule has 0 amide bonds. The summed E-state index contributed by atoms with van der Waals surface area (Å²) in [6.45, 7) is 4.30. The standard InChI is InChI=1S/C22H20O3/c1-15(2)16-5-11-20(12-6-16)25-21-13-7-18(8-14-21)22(24)17-3-9-19(23)10-4-17/h3-15,23H,1-2H3. The third kappa shape index (κ3) is 4.07. The normalized spacial score (nSPS) is 10.7. The van der Waals surface area contributed by atoms with Crippen LogP contribution in [0.5, 0.6) is 17.2 Å². The zero-order valence-corrected chi connectivity index (χ0v) is 14.3. The first-order valence-electron chi connectivity index (χ1n) is 8.24. The molecule has 0 heterocycles. The summed E-state index contributed by atoms with van der Waals surface area (Å²) < 4.78 is 5.82. The molecule has 0 aliphatic rings. The molecular formula is C22H20O3. The molecule has 0 fully saturated rings. The largest absolute Gasteiger partial charge is 0.508 e. The number of ketones is 1. The molecule has 0 atom stereocenters. The van der Waals surface area contributed by atoms with Crippen molar-refractivity contribution < 1.29 is 14.6 Å². The predicted molar refractivity (Wildman–Crippen MR) is 98.6 cm³/mol. The molecule has 0 radical (unpaired) electrons. The fourth-order valence-electron chi connectivity index (χ4n) is 2.51. The van der Waals surface area contributed by atoms with Gasteiger partial charge in [0.05, 0.1) is 0 Å². The second-order valence-corrected chi connectivity index (χ2v) is 6.23. The van der Waals surface area contributed by atoms with E-state index in [1.807, 2.05) is 12.1 Å². The zero-order chi connectivity index (χ0) is 17.8. The Hall–Kier alpha value is -3.07. The van der Waals surface area contributed by atoms with Gasteiger partial charge in [0.25, 0.3) is 0 Å². The van der Waals surface area contributed by atoms with Gasteiger partial charge in [-0.25, -0.2) is 0 Å². The Labute approximate surface area is 147 Å². The quantitative estimate of drug-likeness (QED) is 0.624. The van der Waals surface area contributed by atoms with Crippen LogP contribution in [0.1, 0.15) is 41.3 Å². The summed E-state index contributed by atoms with van der Waals surface area (Å²) in [6, 6.07) is 21.3. The highest BCUT2D eigenvalue weighted by atomic mass is 16.5. The molecule has 25 heavy (non-hydrogen) atoms. The number of carbonyl (C=O) groups excluding carboxylic acids is 1. The summed E-state index contributed by atoms with van der Waals surface area (Å²) in [5, 5.41) is 9.31. The molecule has 1 N–H and O–H groups in total. The van der Waals surface area contributed by atoms with Crippen LogP contribution < -0.4 is 4.74 Å². The molecule has 0 unspecified atom stereocenters. The smallest absolute Gasteiger partial charge is 0.193 e. The molecular weight excluding hydrogens is 312 g/mol. The molecule has 0 bridgehead atoms. The van der Waals surface area contributed by atoms with Crippen molar-refractivity contribution in [1.82, 2.24) is 0 Å². The number of carbonyl (C=O) groups is 1. The molecule has 0 saturated heterocycles. The lowest BCUT2D eigenvalue weighted by Crippen LogP contribution is -2.00. The van der Waals surface area contributed by atoms with Gasteiger partial charge in [-0.2, -0.15) is 0 Å². The number of hydrogen-bond acceptors (Lipinski definition) is 3. The Bertz CT molecular complexity index is 845. The van der Waals surface area contributed by atoms with E-state index in [2.05, 4.69) is 26.0 Å². The van der Waals surface area contributed by atoms with Crippen LogP contribution in [0.3, 0.4) is 0 Å². The number of hydrogen-bond donors (Lipinski definition) is 1. The fraction of sp³-hybridized carbons (Fsp3) is 0.136. The average Bonchev–Trinajstić information content (AvgIpc) is 2.63. The molecule has 0 aromatic heterocycles. The second-order valence-electron chi connectivity index (χ2n) is 6.23. The van der Waals surface area contributed by atoms with E-state index < -0.39 is 0 Å². The molecule has 3 aromatic rings. The average molecular weight is 332 g/mol. The van der Waals surface area contributed by atoms with Gasteiger partial charge in [0.1, 0.15) is 17.2 Å². The van der Waals surface area contributed by atoms with E-state index in [9.17, 15) is 9.90 Å². The number of aromatic hydroxyl groups is 1. The van der Waals surface area contributed by atoms with Gasteiger partial charge in [-0.15, -0.1) is 0 Å². The lowest BCUT2D eigenvalue weighted by atomic mass is 10.0. The van der Waals surface area contributed by atoms with Crippen molar-refractivity contribution in [2.24, 2.45) is 0 Å². The van der Waals surface area contributed by atoms with Gasteiger partial charge in [-0.3, -0.25) is 4.79 Å². The molecule has 3 heteroatoms. The van der Waals surface area contributed by atoms with E-state index in [0.29, 0.717) is 22.8 Å². The highest BCUT2D eigenvalue weighted by Crippen LogP contribution is 2.25. The van der Waals surface area contributed by atoms with Gasteiger partial charge in [0, 0.05) is 11.1 Å². The van der Waals surface area contributed by atoms with Crippen molar-refractivity contribution in [3.8, 4) is 17.2 Å². The van der Waals surface area contributed by atoms with Gasteiger partial charge >= 0.3 is 0 Å². The molecule has 0 saturated carbocycles. The Morgan fingerprint density at radius 2 is 1.20 bits per heavy atom. The van der Waals surface area contributed by atoms with Crippen molar-refractivity contribution in [1.29, 1.82) is 0 Å². The van der Waals surface area contributed by atoms with Gasteiger partial charge in [-0.1, -0.05) is 26.0 Å². The Balaban J connectivity index is 1.71. The van der Waals surface area contributed by atoms with E-state index in [-0.39, 0.29) is 11.5 Å². The maximum atomic E-state index is 12.4.